The van der Waals surface area contributed by atoms with Gasteiger partial charge >= 0.3 is 5.97 Å². The molecule has 0 aromatic heterocycles. The predicted molar refractivity (Wildman–Crippen MR) is 173 cm³/mol. The Hall–Kier alpha value is -3.31. The van der Waals surface area contributed by atoms with Gasteiger partial charge in [0.05, 0.1) is 14.5 Å². The van der Waals surface area contributed by atoms with Crippen LogP contribution in [0.25, 0.3) is 0 Å². The van der Waals surface area contributed by atoms with Crippen LogP contribution in [-0.2, 0) is 36.4 Å². The van der Waals surface area contributed by atoms with Crippen molar-refractivity contribution in [2.45, 2.75) is 65.2 Å². The normalized spacial score (nSPS) is 22.1. The van der Waals surface area contributed by atoms with Crippen LogP contribution in [0.1, 0.15) is 29.5 Å². The van der Waals surface area contributed by atoms with Crippen molar-refractivity contribution in [3.05, 3.63) is 95.6 Å². The van der Waals surface area contributed by atoms with Crippen LogP contribution >= 0.6 is 11.8 Å². The zero-order valence-corrected chi connectivity index (χ0v) is 27.7. The van der Waals surface area contributed by atoms with E-state index in [0.717, 1.165) is 43.6 Å². The molecule has 3 aromatic carbocycles. The Bertz CT molecular complexity index is 1670. The van der Waals surface area contributed by atoms with Crippen molar-refractivity contribution >= 4 is 43.9 Å². The van der Waals surface area contributed by atoms with Gasteiger partial charge in [0, 0.05) is 6.54 Å². The molecule has 6 rings (SSSR count). The minimum atomic E-state index is -4.02. The Morgan fingerprint density at radius 3 is 1.72 bits per heavy atom. The molecule has 248 valence electrons. The molecule has 46 heavy (non-hydrogen) atoms. The second-order valence-corrected chi connectivity index (χ2v) is 15.8. The molecular weight excluding hydrogens is 655 g/mol. The Morgan fingerprint density at radius 1 is 0.848 bits per heavy atom. The summed E-state index contributed by atoms with van der Waals surface area (Å²) in [7, 11) is -8.04. The number of carbonyl (C=O) groups is 2. The summed E-state index contributed by atoms with van der Waals surface area (Å²) < 4.78 is 58.7. The number of hydrogen-bond acceptors (Lipinski definition) is 9. The van der Waals surface area contributed by atoms with E-state index in [1.54, 1.807) is 36.0 Å². The largest absolute Gasteiger partial charge is 0.480 e. The molecular formula is C31H37N3O9S3. The van der Waals surface area contributed by atoms with Gasteiger partial charge in [-0.1, -0.05) is 65.7 Å². The molecule has 0 saturated carbocycles. The summed E-state index contributed by atoms with van der Waals surface area (Å²) in [4.78, 5) is 27.6. The number of rotatable bonds is 5. The second-order valence-electron chi connectivity index (χ2n) is 11.4. The number of aliphatic carboxylic acids is 1. The summed E-state index contributed by atoms with van der Waals surface area (Å²) in [6.45, 7) is 6.25. The zero-order chi connectivity index (χ0) is 33.9. The molecule has 0 aliphatic carbocycles. The summed E-state index contributed by atoms with van der Waals surface area (Å²) in [5.41, 5.74) is 9.05. The number of nitrogens with two attached hydrogens (primary N) is 1. The average molecular weight is 692 g/mol. The third-order valence-corrected chi connectivity index (χ3v) is 11.7. The summed E-state index contributed by atoms with van der Waals surface area (Å²) >= 11 is 1.61. The van der Waals surface area contributed by atoms with E-state index in [1.807, 2.05) is 32.0 Å². The lowest BCUT2D eigenvalue weighted by Gasteiger charge is -2.43. The number of nitrogens with zero attached hydrogens (tertiary/aromatic N) is 2. The number of β-lactam (4-membered cyclic amide) rings is 1. The van der Waals surface area contributed by atoms with Crippen molar-refractivity contribution in [3.63, 3.8) is 0 Å². The van der Waals surface area contributed by atoms with Crippen molar-refractivity contribution in [2.24, 2.45) is 5.73 Å². The van der Waals surface area contributed by atoms with Crippen molar-refractivity contribution < 1.29 is 40.6 Å². The molecule has 3 aliphatic heterocycles. The Labute approximate surface area is 273 Å². The number of aryl methyl sites for hydroxylation is 2. The smallest absolute Gasteiger partial charge is 0.327 e. The number of thioether (sulfide) groups is 1. The van der Waals surface area contributed by atoms with Gasteiger partial charge in [0.1, 0.15) is 17.5 Å². The van der Waals surface area contributed by atoms with Crippen LogP contribution in [0.15, 0.2) is 88.7 Å². The summed E-state index contributed by atoms with van der Waals surface area (Å²) in [6.07, 6.45) is 1.54. The highest BCUT2D eigenvalue weighted by Gasteiger charge is 2.66. The number of piperidine rings is 1. The van der Waals surface area contributed by atoms with E-state index >= 15 is 0 Å². The lowest BCUT2D eigenvalue weighted by Crippen LogP contribution is -2.69. The van der Waals surface area contributed by atoms with Gasteiger partial charge < -0.3 is 15.7 Å². The van der Waals surface area contributed by atoms with Gasteiger partial charge in [-0.25, -0.2) is 4.79 Å². The highest BCUT2D eigenvalue weighted by Crippen LogP contribution is 2.55. The third-order valence-electron chi connectivity index (χ3n) is 8.08. The Kier molecular flexibility index (Phi) is 11.0. The van der Waals surface area contributed by atoms with Gasteiger partial charge in [-0.3, -0.25) is 18.8 Å². The van der Waals surface area contributed by atoms with Crippen LogP contribution in [0.5, 0.6) is 0 Å². The van der Waals surface area contributed by atoms with Crippen LogP contribution in [0.3, 0.4) is 0 Å². The van der Waals surface area contributed by atoms with Gasteiger partial charge in [0.2, 0.25) is 5.91 Å². The monoisotopic (exact) mass is 691 g/mol. The molecule has 15 heteroatoms. The maximum Gasteiger partial charge on any atom is 0.327 e. The first kappa shape index (κ1) is 35.5. The fourth-order valence-electron chi connectivity index (χ4n) is 5.56. The van der Waals surface area contributed by atoms with Gasteiger partial charge in [0.25, 0.3) is 20.2 Å². The molecule has 0 bridgehead atoms. The molecule has 2 unspecified atom stereocenters. The highest BCUT2D eigenvalue weighted by molar-refractivity contribution is 8.01. The van der Waals surface area contributed by atoms with E-state index < -0.39 is 43.0 Å². The minimum absolute atomic E-state index is 0.0666. The summed E-state index contributed by atoms with van der Waals surface area (Å²) in [6, 6.07) is 21.0. The quantitative estimate of drug-likeness (QED) is 0.226. The SMILES string of the molecule is Cc1ccc(S(=O)(=O)O)cc1.Cc1ccc(S(=O)(=O)O)cc1.NC1C(=O)N2C(C(=O)O)C3(CCN(Cc4ccccc4)CC3)S[C@@H]12. The number of amides is 1. The van der Waals surface area contributed by atoms with E-state index in [9.17, 15) is 31.5 Å². The number of hydrogen-bond donors (Lipinski definition) is 4. The van der Waals surface area contributed by atoms with Gasteiger partial charge in [-0.15, -0.1) is 11.8 Å². The first-order chi connectivity index (χ1) is 21.5. The maximum atomic E-state index is 12.0. The molecule has 3 saturated heterocycles. The van der Waals surface area contributed by atoms with E-state index in [0.29, 0.717) is 0 Å². The molecule has 12 nitrogen and oxygen atoms in total. The van der Waals surface area contributed by atoms with Gasteiger partial charge in [0.15, 0.2) is 0 Å². The lowest BCUT2D eigenvalue weighted by atomic mass is 9.85. The number of carboxylic acid groups (broad SMARTS) is 1. The number of carboxylic acids is 1. The zero-order valence-electron chi connectivity index (χ0n) is 25.3. The van der Waals surface area contributed by atoms with Crippen molar-refractivity contribution in [1.82, 2.24) is 9.80 Å². The number of benzene rings is 3. The topological polar surface area (TPSA) is 196 Å². The van der Waals surface area contributed by atoms with Crippen LogP contribution in [0.4, 0.5) is 0 Å². The van der Waals surface area contributed by atoms with E-state index in [4.69, 9.17) is 14.8 Å². The molecule has 0 radical (unpaired) electrons. The van der Waals surface area contributed by atoms with Crippen LogP contribution in [-0.4, -0.2) is 88.0 Å². The molecule has 1 spiro atoms. The first-order valence-electron chi connectivity index (χ1n) is 14.3. The molecule has 3 atom stereocenters. The summed E-state index contributed by atoms with van der Waals surface area (Å²) in [5, 5.41) is 9.53. The van der Waals surface area contributed by atoms with Crippen molar-refractivity contribution in [2.75, 3.05) is 13.1 Å². The standard InChI is InChI=1S/C17H21N3O3S.2C7H8O3S/c18-12-14(21)20-13(16(22)23)17(24-15(12)20)6-8-19(9-7-17)10-11-4-2-1-3-5-11;2*1-6-2-4-7(5-3-6)11(8,9)10/h1-5,12-13,15H,6-10,18H2,(H,22,23);2*2-5H,1H3,(H,8,9,10)/t12?,13?,15-;;/m0../s1. The number of fused-ring (bicyclic) bond motifs is 1. The van der Waals surface area contributed by atoms with Gasteiger partial charge in [-0.2, -0.15) is 16.8 Å². The Morgan fingerprint density at radius 2 is 1.30 bits per heavy atom. The summed E-state index contributed by atoms with van der Waals surface area (Å²) in [5.74, 6) is -1.12. The van der Waals surface area contributed by atoms with E-state index in [2.05, 4.69) is 17.0 Å². The number of carbonyl (C=O) groups excluding carboxylic acids is 1. The predicted octanol–water partition coefficient (Wildman–Crippen LogP) is 3.20. The fraction of sp³-hybridized carbons (Fsp3) is 0.355. The van der Waals surface area contributed by atoms with Crippen LogP contribution in [0.2, 0.25) is 0 Å². The molecule has 5 N–H and O–H groups in total. The molecule has 3 heterocycles. The maximum absolute atomic E-state index is 12.0. The second kappa shape index (κ2) is 14.2. The minimum Gasteiger partial charge on any atom is -0.480 e. The lowest BCUT2D eigenvalue weighted by molar-refractivity contribution is -0.160. The fourth-order valence-corrected chi connectivity index (χ4v) is 8.36. The van der Waals surface area contributed by atoms with E-state index in [-0.39, 0.29) is 21.1 Å². The van der Waals surface area contributed by atoms with Crippen molar-refractivity contribution in [1.29, 1.82) is 0 Å². The molecule has 1 amide bonds. The Balaban J connectivity index is 0.000000182. The third kappa shape index (κ3) is 8.34. The molecule has 3 aromatic rings. The van der Waals surface area contributed by atoms with Crippen LogP contribution in [0, 0.1) is 13.8 Å². The molecule has 3 aliphatic rings. The van der Waals surface area contributed by atoms with Crippen LogP contribution < -0.4 is 5.73 Å². The number of likely N-dealkylation sites (tertiary alicyclic amines) is 1. The highest BCUT2D eigenvalue weighted by atomic mass is 32.2. The first-order valence-corrected chi connectivity index (χ1v) is 18.1. The van der Waals surface area contributed by atoms with E-state index in [1.165, 1.54) is 34.7 Å². The molecule has 3 fully saturated rings. The average Bonchev–Trinajstić information content (AvgIpc) is 3.30. The van der Waals surface area contributed by atoms with Crippen molar-refractivity contribution in [3.8, 4) is 0 Å². The van der Waals surface area contributed by atoms with Gasteiger partial charge in [-0.05, 0) is 69.6 Å².